The van der Waals surface area contributed by atoms with Crippen LogP contribution < -0.4 is 4.72 Å². The van der Waals surface area contributed by atoms with Crippen molar-refractivity contribution in [3.8, 4) is 0 Å². The SMILES string of the molecule is O=S(=O)(NCC1CC2CCN1CC2CN1CCC(Cc2ccccc2)CC1)c1cccs1. The van der Waals surface area contributed by atoms with Gasteiger partial charge in [0.05, 0.1) is 0 Å². The van der Waals surface area contributed by atoms with E-state index >= 15 is 0 Å². The molecule has 4 unspecified atom stereocenters. The molecule has 4 saturated heterocycles. The van der Waals surface area contributed by atoms with E-state index in [2.05, 4.69) is 44.9 Å². The number of hydrogen-bond acceptors (Lipinski definition) is 5. The molecule has 4 atom stereocenters. The Kier molecular flexibility index (Phi) is 7.00. The number of benzene rings is 1. The van der Waals surface area contributed by atoms with E-state index in [4.69, 9.17) is 0 Å². The van der Waals surface area contributed by atoms with Gasteiger partial charge in [-0.2, -0.15) is 0 Å². The Balaban J connectivity index is 1.08. The lowest BCUT2D eigenvalue weighted by Crippen LogP contribution is -2.58. The van der Waals surface area contributed by atoms with Crippen molar-refractivity contribution in [2.45, 2.75) is 42.4 Å². The molecule has 4 aliphatic rings. The normalized spacial score (nSPS) is 29.4. The van der Waals surface area contributed by atoms with E-state index < -0.39 is 10.0 Å². The van der Waals surface area contributed by atoms with Crippen LogP contribution in [0.1, 0.15) is 31.2 Å². The number of fused-ring (bicyclic) bond motifs is 3. The Bertz CT molecular complexity index is 956. The molecule has 0 radical (unpaired) electrons. The molecule has 5 heterocycles. The molecular formula is C25H35N3O2S2. The zero-order valence-electron chi connectivity index (χ0n) is 18.7. The number of nitrogens with zero attached hydrogens (tertiary/aromatic N) is 2. The van der Waals surface area contributed by atoms with E-state index in [1.165, 1.54) is 62.2 Å². The molecule has 2 aromatic rings. The van der Waals surface area contributed by atoms with Crippen LogP contribution in [0.5, 0.6) is 0 Å². The standard InChI is InChI=1S/C25H35N3O2S2/c29-32(30,25-7-4-14-31-25)26-17-24-16-22-10-13-28(24)19-23(22)18-27-11-8-21(9-12-27)15-20-5-2-1-3-6-20/h1-7,14,21-24,26H,8-13,15-19H2. The molecule has 0 spiro atoms. The first-order valence-corrected chi connectivity index (χ1v) is 14.5. The van der Waals surface area contributed by atoms with Gasteiger partial charge in [-0.25, -0.2) is 13.1 Å². The molecule has 1 N–H and O–H groups in total. The highest BCUT2D eigenvalue weighted by atomic mass is 32.2. The summed E-state index contributed by atoms with van der Waals surface area (Å²) < 4.78 is 28.3. The van der Waals surface area contributed by atoms with Gasteiger partial charge in [0.15, 0.2) is 0 Å². The van der Waals surface area contributed by atoms with Gasteiger partial charge >= 0.3 is 0 Å². The molecule has 2 bridgehead atoms. The number of hydrogen-bond donors (Lipinski definition) is 1. The average molecular weight is 474 g/mol. The van der Waals surface area contributed by atoms with Crippen LogP contribution >= 0.6 is 11.3 Å². The van der Waals surface area contributed by atoms with Gasteiger partial charge in [0.1, 0.15) is 4.21 Å². The zero-order valence-corrected chi connectivity index (χ0v) is 20.4. The van der Waals surface area contributed by atoms with Crippen LogP contribution in [0, 0.1) is 17.8 Å². The summed E-state index contributed by atoms with van der Waals surface area (Å²) in [5.41, 5.74) is 1.48. The molecule has 1 aromatic carbocycles. The lowest BCUT2D eigenvalue weighted by atomic mass is 9.75. The van der Waals surface area contributed by atoms with Crippen LogP contribution in [-0.4, -0.2) is 63.5 Å². The summed E-state index contributed by atoms with van der Waals surface area (Å²) in [7, 11) is -3.36. The van der Waals surface area contributed by atoms with Crippen LogP contribution in [-0.2, 0) is 16.4 Å². The second kappa shape index (κ2) is 9.94. The van der Waals surface area contributed by atoms with Gasteiger partial charge in [0, 0.05) is 25.7 Å². The van der Waals surface area contributed by atoms with Crippen molar-refractivity contribution in [2.24, 2.45) is 17.8 Å². The first-order valence-electron chi connectivity index (χ1n) is 12.1. The van der Waals surface area contributed by atoms with Gasteiger partial charge in [0.2, 0.25) is 10.0 Å². The van der Waals surface area contributed by atoms with E-state index in [-0.39, 0.29) is 0 Å². The minimum absolute atomic E-state index is 0.344. The molecule has 5 nitrogen and oxygen atoms in total. The molecule has 7 heteroatoms. The fraction of sp³-hybridized carbons (Fsp3) is 0.600. The van der Waals surface area contributed by atoms with Crippen LogP contribution in [0.4, 0.5) is 0 Å². The third-order valence-electron chi connectivity index (χ3n) is 7.85. The lowest BCUT2D eigenvalue weighted by molar-refractivity contribution is -0.0139. The Hall–Kier alpha value is -1.25. The third kappa shape index (κ3) is 5.28. The van der Waals surface area contributed by atoms with Crippen molar-refractivity contribution >= 4 is 21.4 Å². The van der Waals surface area contributed by atoms with E-state index in [0.717, 1.165) is 37.3 Å². The molecule has 32 heavy (non-hydrogen) atoms. The number of thiophene rings is 1. The average Bonchev–Trinajstić information content (AvgIpc) is 3.37. The Labute approximate surface area is 196 Å². The largest absolute Gasteiger partial charge is 0.303 e. The molecule has 0 amide bonds. The minimum Gasteiger partial charge on any atom is -0.303 e. The van der Waals surface area contributed by atoms with Crippen molar-refractivity contribution < 1.29 is 8.42 Å². The van der Waals surface area contributed by atoms with E-state index in [0.29, 0.717) is 16.8 Å². The Morgan fingerprint density at radius 1 is 1.00 bits per heavy atom. The summed E-state index contributed by atoms with van der Waals surface area (Å²) in [5.74, 6) is 2.29. The quantitative estimate of drug-likeness (QED) is 0.635. The van der Waals surface area contributed by atoms with E-state index in [1.54, 1.807) is 12.1 Å². The zero-order chi connectivity index (χ0) is 22.0. The predicted octanol–water partition coefficient (Wildman–Crippen LogP) is 3.69. The molecular weight excluding hydrogens is 438 g/mol. The maximum atomic E-state index is 12.5. The summed E-state index contributed by atoms with van der Waals surface area (Å²) in [6.07, 6.45) is 6.23. The van der Waals surface area contributed by atoms with Crippen molar-refractivity contribution in [2.75, 3.05) is 39.3 Å². The van der Waals surface area contributed by atoms with Gasteiger partial charge in [-0.05, 0) is 86.5 Å². The molecule has 4 fully saturated rings. The molecule has 6 rings (SSSR count). The highest BCUT2D eigenvalue weighted by Crippen LogP contribution is 2.37. The van der Waals surface area contributed by atoms with Gasteiger partial charge < -0.3 is 4.90 Å². The first-order chi connectivity index (χ1) is 15.6. The summed E-state index contributed by atoms with van der Waals surface area (Å²) in [6.45, 7) is 6.45. The minimum atomic E-state index is -3.36. The van der Waals surface area contributed by atoms with Crippen LogP contribution in [0.15, 0.2) is 52.1 Å². The second-order valence-corrected chi connectivity index (χ2v) is 12.9. The second-order valence-electron chi connectivity index (χ2n) is 9.91. The van der Waals surface area contributed by atoms with E-state index in [9.17, 15) is 8.42 Å². The highest BCUT2D eigenvalue weighted by Gasteiger charge is 2.41. The highest BCUT2D eigenvalue weighted by molar-refractivity contribution is 7.91. The number of nitrogens with one attached hydrogen (secondary N) is 1. The topological polar surface area (TPSA) is 52.7 Å². The number of piperidine rings is 4. The summed E-state index contributed by atoms with van der Waals surface area (Å²) in [4.78, 5) is 5.24. The monoisotopic (exact) mass is 473 g/mol. The molecule has 0 saturated carbocycles. The van der Waals surface area contributed by atoms with Crippen molar-refractivity contribution in [1.82, 2.24) is 14.5 Å². The number of rotatable bonds is 8. The fourth-order valence-electron chi connectivity index (χ4n) is 6.01. The van der Waals surface area contributed by atoms with Gasteiger partial charge in [-0.15, -0.1) is 11.3 Å². The maximum absolute atomic E-state index is 12.5. The number of sulfonamides is 1. The van der Waals surface area contributed by atoms with Gasteiger partial charge in [-0.1, -0.05) is 36.4 Å². The van der Waals surface area contributed by atoms with Crippen LogP contribution in [0.25, 0.3) is 0 Å². The number of likely N-dealkylation sites (tertiary alicyclic amines) is 1. The van der Waals surface area contributed by atoms with E-state index in [1.807, 2.05) is 5.38 Å². The molecule has 1 aromatic heterocycles. The fourth-order valence-corrected chi connectivity index (χ4v) is 8.12. The summed E-state index contributed by atoms with van der Waals surface area (Å²) in [6, 6.07) is 14.7. The van der Waals surface area contributed by atoms with Crippen LogP contribution in [0.3, 0.4) is 0 Å². The van der Waals surface area contributed by atoms with Crippen molar-refractivity contribution in [1.29, 1.82) is 0 Å². The molecule has 4 aliphatic heterocycles. The van der Waals surface area contributed by atoms with Gasteiger partial charge in [0.25, 0.3) is 0 Å². The third-order valence-corrected chi connectivity index (χ3v) is 10.7. The van der Waals surface area contributed by atoms with Gasteiger partial charge in [-0.3, -0.25) is 4.90 Å². The molecule has 174 valence electrons. The first kappa shape index (κ1) is 22.5. The smallest absolute Gasteiger partial charge is 0.250 e. The van der Waals surface area contributed by atoms with Crippen molar-refractivity contribution in [3.63, 3.8) is 0 Å². The molecule has 0 aliphatic carbocycles. The Morgan fingerprint density at radius 2 is 1.81 bits per heavy atom. The summed E-state index contributed by atoms with van der Waals surface area (Å²) in [5, 5.41) is 1.82. The summed E-state index contributed by atoms with van der Waals surface area (Å²) >= 11 is 1.28. The predicted molar refractivity (Wildman–Crippen MR) is 130 cm³/mol. The Morgan fingerprint density at radius 3 is 2.50 bits per heavy atom. The van der Waals surface area contributed by atoms with Crippen molar-refractivity contribution in [3.05, 3.63) is 53.4 Å². The van der Waals surface area contributed by atoms with Crippen LogP contribution in [0.2, 0.25) is 0 Å². The maximum Gasteiger partial charge on any atom is 0.250 e. The lowest BCUT2D eigenvalue weighted by Gasteiger charge is -2.51.